The predicted octanol–water partition coefficient (Wildman–Crippen LogP) is 1.73. The van der Waals surface area contributed by atoms with Crippen molar-refractivity contribution in [2.24, 2.45) is 0 Å². The van der Waals surface area contributed by atoms with Crippen molar-refractivity contribution >= 4 is 10.0 Å². The Bertz CT molecular complexity index is 535. The molecule has 1 rings (SSSR count). The summed E-state index contributed by atoms with van der Waals surface area (Å²) in [5.41, 5.74) is 0.391. The Morgan fingerprint density at radius 1 is 1.30 bits per heavy atom. The number of hydrogen-bond donors (Lipinski definition) is 1. The van der Waals surface area contributed by atoms with Crippen LogP contribution in [0.5, 0.6) is 0 Å². The first-order valence-electron chi connectivity index (χ1n) is 6.44. The minimum Gasteiger partial charge on any atom is -0.313 e. The van der Waals surface area contributed by atoms with Crippen molar-refractivity contribution in [3.05, 3.63) is 35.4 Å². The fraction of sp³-hybridized carbons (Fsp3) is 0.538. The first-order valence-corrected chi connectivity index (χ1v) is 8.29. The molecular formula is C13H20F2N2O2S. The normalized spacial score (nSPS) is 12.1. The van der Waals surface area contributed by atoms with E-state index in [9.17, 15) is 17.2 Å². The monoisotopic (exact) mass is 306 g/mol. The number of benzene rings is 1. The molecule has 0 bridgehead atoms. The molecule has 114 valence electrons. The van der Waals surface area contributed by atoms with Crippen molar-refractivity contribution in [2.45, 2.75) is 19.9 Å². The molecule has 0 aliphatic carbocycles. The Morgan fingerprint density at radius 2 is 2.00 bits per heavy atom. The van der Waals surface area contributed by atoms with Gasteiger partial charge in [0.2, 0.25) is 10.0 Å². The average molecular weight is 306 g/mol. The molecule has 0 fully saturated rings. The molecule has 4 nitrogen and oxygen atoms in total. The lowest BCUT2D eigenvalue weighted by Gasteiger charge is -2.17. The van der Waals surface area contributed by atoms with Crippen LogP contribution in [0.15, 0.2) is 18.2 Å². The maximum absolute atomic E-state index is 13.3. The Balaban J connectivity index is 2.32. The van der Waals surface area contributed by atoms with E-state index >= 15 is 0 Å². The van der Waals surface area contributed by atoms with E-state index in [0.717, 1.165) is 6.07 Å². The van der Waals surface area contributed by atoms with Gasteiger partial charge in [0.1, 0.15) is 11.6 Å². The second-order valence-corrected chi connectivity index (χ2v) is 6.50. The zero-order valence-corrected chi connectivity index (χ0v) is 12.5. The van der Waals surface area contributed by atoms with E-state index in [1.165, 1.54) is 22.7 Å². The number of sulfonamides is 1. The molecule has 0 saturated heterocycles. The Morgan fingerprint density at radius 3 is 2.55 bits per heavy atom. The summed E-state index contributed by atoms with van der Waals surface area (Å²) in [6.07, 6.45) is 1.81. The van der Waals surface area contributed by atoms with Gasteiger partial charge in [-0.2, -0.15) is 0 Å². The second-order valence-electron chi connectivity index (χ2n) is 4.52. The molecule has 0 unspecified atom stereocenters. The minimum atomic E-state index is -3.16. The molecule has 0 heterocycles. The van der Waals surface area contributed by atoms with Crippen molar-refractivity contribution in [2.75, 3.05) is 25.9 Å². The quantitative estimate of drug-likeness (QED) is 0.744. The van der Waals surface area contributed by atoms with Gasteiger partial charge in [-0.05, 0) is 19.0 Å². The smallest absolute Gasteiger partial charge is 0.211 e. The van der Waals surface area contributed by atoms with Gasteiger partial charge in [-0.3, -0.25) is 0 Å². The topological polar surface area (TPSA) is 49.4 Å². The van der Waals surface area contributed by atoms with Gasteiger partial charge >= 0.3 is 0 Å². The third kappa shape index (κ3) is 5.52. The van der Waals surface area contributed by atoms with Crippen LogP contribution in [0, 0.1) is 11.6 Å². The molecular weight excluding hydrogens is 286 g/mol. The van der Waals surface area contributed by atoms with Gasteiger partial charge in [-0.25, -0.2) is 21.5 Å². The standard InChI is InChI=1S/C13H20F2N2O2S/c1-3-17(20(2,18)19)8-4-7-16-10-11-5-6-12(14)9-13(11)15/h5-6,9,16H,3-4,7-8,10H2,1-2H3. The lowest BCUT2D eigenvalue weighted by atomic mass is 10.2. The highest BCUT2D eigenvalue weighted by molar-refractivity contribution is 7.88. The van der Waals surface area contributed by atoms with Crippen LogP contribution in [0.2, 0.25) is 0 Å². The summed E-state index contributed by atoms with van der Waals surface area (Å²) in [7, 11) is -3.16. The van der Waals surface area contributed by atoms with Crippen LogP contribution in [-0.4, -0.2) is 38.6 Å². The van der Waals surface area contributed by atoms with E-state index in [2.05, 4.69) is 5.32 Å². The van der Waals surface area contributed by atoms with E-state index in [4.69, 9.17) is 0 Å². The Kier molecular flexibility index (Phi) is 6.51. The molecule has 0 aliphatic heterocycles. The Hall–Kier alpha value is -1.05. The largest absolute Gasteiger partial charge is 0.313 e. The molecule has 20 heavy (non-hydrogen) atoms. The first kappa shape index (κ1) is 17.0. The molecule has 0 aromatic heterocycles. The summed E-state index contributed by atoms with van der Waals surface area (Å²) >= 11 is 0. The molecule has 0 aliphatic rings. The van der Waals surface area contributed by atoms with Crippen LogP contribution in [0.4, 0.5) is 8.78 Å². The van der Waals surface area contributed by atoms with Crippen molar-refractivity contribution in [3.8, 4) is 0 Å². The van der Waals surface area contributed by atoms with Crippen molar-refractivity contribution in [1.29, 1.82) is 0 Å². The summed E-state index contributed by atoms with van der Waals surface area (Å²) in [4.78, 5) is 0. The number of halogens is 2. The van der Waals surface area contributed by atoms with E-state index in [1.54, 1.807) is 6.92 Å². The third-order valence-corrected chi connectivity index (χ3v) is 4.29. The fourth-order valence-electron chi connectivity index (χ4n) is 1.83. The summed E-state index contributed by atoms with van der Waals surface area (Å²) in [6.45, 7) is 3.49. The number of hydrogen-bond acceptors (Lipinski definition) is 3. The van der Waals surface area contributed by atoms with E-state index in [0.29, 0.717) is 31.6 Å². The molecule has 1 aromatic carbocycles. The molecule has 0 radical (unpaired) electrons. The minimum absolute atomic E-state index is 0.289. The fourth-order valence-corrected chi connectivity index (χ4v) is 2.76. The van der Waals surface area contributed by atoms with Gasteiger partial charge in [-0.15, -0.1) is 0 Å². The molecule has 0 amide bonds. The number of rotatable bonds is 8. The van der Waals surface area contributed by atoms with Crippen molar-refractivity contribution < 1.29 is 17.2 Å². The molecule has 0 saturated carbocycles. The van der Waals surface area contributed by atoms with Gasteiger partial charge in [-0.1, -0.05) is 13.0 Å². The molecule has 0 atom stereocenters. The van der Waals surface area contributed by atoms with Gasteiger partial charge in [0.25, 0.3) is 0 Å². The van der Waals surface area contributed by atoms with Gasteiger partial charge in [0, 0.05) is 31.3 Å². The zero-order valence-electron chi connectivity index (χ0n) is 11.7. The predicted molar refractivity (Wildman–Crippen MR) is 74.8 cm³/mol. The second kappa shape index (κ2) is 7.66. The van der Waals surface area contributed by atoms with Crippen LogP contribution in [-0.2, 0) is 16.6 Å². The van der Waals surface area contributed by atoms with E-state index < -0.39 is 21.7 Å². The van der Waals surface area contributed by atoms with Crippen LogP contribution < -0.4 is 5.32 Å². The van der Waals surface area contributed by atoms with Crippen LogP contribution >= 0.6 is 0 Å². The third-order valence-electron chi connectivity index (χ3n) is 2.91. The maximum atomic E-state index is 13.3. The summed E-state index contributed by atoms with van der Waals surface area (Å²) in [5, 5.41) is 3.01. The van der Waals surface area contributed by atoms with E-state index in [1.807, 2.05) is 0 Å². The van der Waals surface area contributed by atoms with Gasteiger partial charge in [0.05, 0.1) is 6.26 Å². The molecule has 1 N–H and O–H groups in total. The average Bonchev–Trinajstić information content (AvgIpc) is 2.34. The van der Waals surface area contributed by atoms with Crippen LogP contribution in [0.25, 0.3) is 0 Å². The number of nitrogens with zero attached hydrogens (tertiary/aromatic N) is 1. The zero-order chi connectivity index (χ0) is 15.2. The highest BCUT2D eigenvalue weighted by Crippen LogP contribution is 2.09. The lowest BCUT2D eigenvalue weighted by Crippen LogP contribution is -2.32. The van der Waals surface area contributed by atoms with Gasteiger partial charge < -0.3 is 5.32 Å². The maximum Gasteiger partial charge on any atom is 0.211 e. The van der Waals surface area contributed by atoms with Crippen molar-refractivity contribution in [1.82, 2.24) is 9.62 Å². The highest BCUT2D eigenvalue weighted by Gasteiger charge is 2.13. The van der Waals surface area contributed by atoms with Crippen LogP contribution in [0.1, 0.15) is 18.9 Å². The molecule has 0 spiro atoms. The Labute approximate surface area is 118 Å². The van der Waals surface area contributed by atoms with Crippen LogP contribution in [0.3, 0.4) is 0 Å². The molecule has 7 heteroatoms. The number of nitrogens with one attached hydrogen (secondary N) is 1. The lowest BCUT2D eigenvalue weighted by molar-refractivity contribution is 0.418. The SMILES string of the molecule is CCN(CCCNCc1ccc(F)cc1F)S(C)(=O)=O. The summed E-state index contributed by atoms with van der Waals surface area (Å²) in [5.74, 6) is -1.18. The van der Waals surface area contributed by atoms with Crippen molar-refractivity contribution in [3.63, 3.8) is 0 Å². The summed E-state index contributed by atoms with van der Waals surface area (Å²) < 4.78 is 50.1. The summed E-state index contributed by atoms with van der Waals surface area (Å²) in [6, 6.07) is 3.45. The highest BCUT2D eigenvalue weighted by atomic mass is 32.2. The van der Waals surface area contributed by atoms with E-state index in [-0.39, 0.29) is 6.54 Å². The molecule has 1 aromatic rings. The van der Waals surface area contributed by atoms with Gasteiger partial charge in [0.15, 0.2) is 0 Å². The first-order chi connectivity index (χ1) is 9.34.